The second kappa shape index (κ2) is 6.43. The van der Waals surface area contributed by atoms with E-state index < -0.39 is 10.0 Å². The molecule has 0 aromatic heterocycles. The maximum Gasteiger partial charge on any atom is 0.240 e. The first-order chi connectivity index (χ1) is 8.97. The SMILES string of the molecule is CS(=O)(=O)NCC1CCCCN1C(=O)C1CSCN1. The lowest BCUT2D eigenvalue weighted by Gasteiger charge is -2.37. The van der Waals surface area contributed by atoms with Gasteiger partial charge in [0.05, 0.1) is 12.3 Å². The summed E-state index contributed by atoms with van der Waals surface area (Å²) in [4.78, 5) is 14.3. The van der Waals surface area contributed by atoms with E-state index >= 15 is 0 Å². The smallest absolute Gasteiger partial charge is 0.240 e. The van der Waals surface area contributed by atoms with Crippen molar-refractivity contribution in [2.24, 2.45) is 0 Å². The van der Waals surface area contributed by atoms with Gasteiger partial charge in [-0.25, -0.2) is 13.1 Å². The fraction of sp³-hybridized carbons (Fsp3) is 0.909. The van der Waals surface area contributed by atoms with Gasteiger partial charge in [0.1, 0.15) is 0 Å². The Morgan fingerprint density at radius 2 is 2.26 bits per heavy atom. The number of nitrogens with zero attached hydrogens (tertiary/aromatic N) is 1. The number of carbonyl (C=O) groups is 1. The topological polar surface area (TPSA) is 78.5 Å². The normalized spacial score (nSPS) is 28.6. The number of piperidine rings is 1. The molecule has 0 spiro atoms. The zero-order valence-corrected chi connectivity index (χ0v) is 12.7. The van der Waals surface area contributed by atoms with Gasteiger partial charge < -0.3 is 4.90 Å². The lowest BCUT2D eigenvalue weighted by Crippen LogP contribution is -2.54. The second-order valence-electron chi connectivity index (χ2n) is 5.07. The van der Waals surface area contributed by atoms with Crippen LogP contribution < -0.4 is 10.0 Å². The zero-order valence-electron chi connectivity index (χ0n) is 11.1. The summed E-state index contributed by atoms with van der Waals surface area (Å²) in [5, 5.41) is 3.18. The first kappa shape index (κ1) is 15.1. The number of amides is 1. The molecule has 0 bridgehead atoms. The van der Waals surface area contributed by atoms with Crippen molar-refractivity contribution in [3.63, 3.8) is 0 Å². The Bertz CT molecular complexity index is 421. The highest BCUT2D eigenvalue weighted by molar-refractivity contribution is 7.99. The molecule has 2 aliphatic heterocycles. The van der Waals surface area contributed by atoms with E-state index in [1.165, 1.54) is 0 Å². The van der Waals surface area contributed by atoms with Crippen LogP contribution in [0.3, 0.4) is 0 Å². The standard InChI is InChI=1S/C11H21N3O3S2/c1-19(16,17)13-6-9-4-2-3-5-14(9)11(15)10-7-18-8-12-10/h9-10,12-13H,2-8H2,1H3. The molecule has 8 heteroatoms. The molecule has 2 aliphatic rings. The highest BCUT2D eigenvalue weighted by atomic mass is 32.2. The van der Waals surface area contributed by atoms with E-state index in [1.54, 1.807) is 11.8 Å². The summed E-state index contributed by atoms with van der Waals surface area (Å²) in [7, 11) is -3.20. The third-order valence-electron chi connectivity index (χ3n) is 3.51. The van der Waals surface area contributed by atoms with Crippen molar-refractivity contribution >= 4 is 27.7 Å². The molecule has 2 saturated heterocycles. The molecular formula is C11H21N3O3S2. The van der Waals surface area contributed by atoms with Crippen LogP contribution >= 0.6 is 11.8 Å². The molecule has 2 atom stereocenters. The molecular weight excluding hydrogens is 286 g/mol. The van der Waals surface area contributed by atoms with Gasteiger partial charge in [0.25, 0.3) is 0 Å². The van der Waals surface area contributed by atoms with Crippen molar-refractivity contribution in [3.8, 4) is 0 Å². The summed E-state index contributed by atoms with van der Waals surface area (Å²) in [5.74, 6) is 1.74. The van der Waals surface area contributed by atoms with Crippen LogP contribution in [0.5, 0.6) is 0 Å². The Hall–Kier alpha value is -0.310. The van der Waals surface area contributed by atoms with Crippen LogP contribution in [0.4, 0.5) is 0 Å². The molecule has 0 aromatic rings. The van der Waals surface area contributed by atoms with Crippen LogP contribution in [0.1, 0.15) is 19.3 Å². The molecule has 19 heavy (non-hydrogen) atoms. The second-order valence-corrected chi connectivity index (χ2v) is 7.94. The quantitative estimate of drug-likeness (QED) is 0.737. The molecule has 6 nitrogen and oxygen atoms in total. The monoisotopic (exact) mass is 307 g/mol. The number of rotatable bonds is 4. The molecule has 2 unspecified atom stereocenters. The Morgan fingerprint density at radius 3 is 2.89 bits per heavy atom. The Kier molecular flexibility index (Phi) is 5.10. The number of hydrogen-bond donors (Lipinski definition) is 2. The number of hydrogen-bond acceptors (Lipinski definition) is 5. The minimum Gasteiger partial charge on any atom is -0.337 e. The van der Waals surface area contributed by atoms with E-state index in [0.29, 0.717) is 6.54 Å². The predicted molar refractivity (Wildman–Crippen MR) is 76.4 cm³/mol. The van der Waals surface area contributed by atoms with Gasteiger partial charge in [0, 0.05) is 30.8 Å². The van der Waals surface area contributed by atoms with Gasteiger partial charge >= 0.3 is 0 Å². The minimum absolute atomic E-state index is 0.0108. The molecule has 0 aliphatic carbocycles. The van der Waals surface area contributed by atoms with Crippen LogP contribution in [-0.2, 0) is 14.8 Å². The van der Waals surface area contributed by atoms with Crippen molar-refractivity contribution in [2.45, 2.75) is 31.3 Å². The lowest BCUT2D eigenvalue weighted by molar-refractivity contribution is -0.136. The summed E-state index contributed by atoms with van der Waals surface area (Å²) in [6, 6.07) is -0.118. The molecule has 1 amide bonds. The Morgan fingerprint density at radius 1 is 1.47 bits per heavy atom. The molecule has 2 rings (SSSR count). The molecule has 2 N–H and O–H groups in total. The molecule has 2 heterocycles. The van der Waals surface area contributed by atoms with E-state index in [9.17, 15) is 13.2 Å². The summed E-state index contributed by atoms with van der Waals surface area (Å²) in [6.45, 7) is 1.06. The zero-order chi connectivity index (χ0) is 13.9. The van der Waals surface area contributed by atoms with Crippen LogP contribution in [0.25, 0.3) is 0 Å². The van der Waals surface area contributed by atoms with Gasteiger partial charge in [-0.1, -0.05) is 0 Å². The summed E-state index contributed by atoms with van der Waals surface area (Å²) >= 11 is 1.72. The van der Waals surface area contributed by atoms with Crippen molar-refractivity contribution < 1.29 is 13.2 Å². The number of thioether (sulfide) groups is 1. The maximum atomic E-state index is 12.4. The third-order valence-corrected chi connectivity index (χ3v) is 5.14. The number of carbonyl (C=O) groups excluding carboxylic acids is 1. The van der Waals surface area contributed by atoms with Gasteiger partial charge in [-0.05, 0) is 19.3 Å². The number of nitrogens with one attached hydrogen (secondary N) is 2. The fourth-order valence-electron chi connectivity index (χ4n) is 2.50. The van der Waals surface area contributed by atoms with Gasteiger partial charge in [0.2, 0.25) is 15.9 Å². The summed E-state index contributed by atoms with van der Waals surface area (Å²) in [6.07, 6.45) is 4.07. The van der Waals surface area contributed by atoms with Gasteiger partial charge in [0.15, 0.2) is 0 Å². The van der Waals surface area contributed by atoms with E-state index in [4.69, 9.17) is 0 Å². The molecule has 0 aromatic carbocycles. The van der Waals surface area contributed by atoms with Crippen molar-refractivity contribution in [1.82, 2.24) is 14.9 Å². The summed E-state index contributed by atoms with van der Waals surface area (Å²) < 4.78 is 24.9. The van der Waals surface area contributed by atoms with Crippen LogP contribution in [0, 0.1) is 0 Å². The number of sulfonamides is 1. The average molecular weight is 307 g/mol. The fourth-order valence-corrected chi connectivity index (χ4v) is 3.93. The van der Waals surface area contributed by atoms with Crippen LogP contribution in [-0.4, -0.2) is 62.3 Å². The molecule has 2 fully saturated rings. The van der Waals surface area contributed by atoms with Crippen LogP contribution in [0.2, 0.25) is 0 Å². The number of likely N-dealkylation sites (tertiary alicyclic amines) is 1. The van der Waals surface area contributed by atoms with Gasteiger partial charge in [-0.15, -0.1) is 11.8 Å². The van der Waals surface area contributed by atoms with Crippen molar-refractivity contribution in [2.75, 3.05) is 31.0 Å². The lowest BCUT2D eigenvalue weighted by atomic mass is 10.0. The van der Waals surface area contributed by atoms with E-state index in [-0.39, 0.29) is 18.0 Å². The highest BCUT2D eigenvalue weighted by Crippen LogP contribution is 2.20. The highest BCUT2D eigenvalue weighted by Gasteiger charge is 2.33. The van der Waals surface area contributed by atoms with Gasteiger partial charge in [-0.2, -0.15) is 0 Å². The molecule has 0 saturated carbocycles. The van der Waals surface area contributed by atoms with Crippen molar-refractivity contribution in [1.29, 1.82) is 0 Å². The Balaban J connectivity index is 1.96. The minimum atomic E-state index is -3.20. The maximum absolute atomic E-state index is 12.4. The molecule has 0 radical (unpaired) electrons. The first-order valence-electron chi connectivity index (χ1n) is 6.53. The van der Waals surface area contributed by atoms with Crippen LogP contribution in [0.15, 0.2) is 0 Å². The van der Waals surface area contributed by atoms with Crippen molar-refractivity contribution in [3.05, 3.63) is 0 Å². The van der Waals surface area contributed by atoms with E-state index in [0.717, 1.165) is 43.7 Å². The average Bonchev–Trinajstić information content (AvgIpc) is 2.89. The third kappa shape index (κ3) is 4.34. The summed E-state index contributed by atoms with van der Waals surface area (Å²) in [5.41, 5.74) is 0. The van der Waals surface area contributed by atoms with Gasteiger partial charge in [-0.3, -0.25) is 10.1 Å². The largest absolute Gasteiger partial charge is 0.337 e. The molecule has 110 valence electrons. The van der Waals surface area contributed by atoms with E-state index in [1.807, 2.05) is 4.90 Å². The first-order valence-corrected chi connectivity index (χ1v) is 9.58. The predicted octanol–water partition coefficient (Wildman–Crippen LogP) is -0.421. The van der Waals surface area contributed by atoms with E-state index in [2.05, 4.69) is 10.0 Å². The Labute approximate surface area is 118 Å².